The Balaban J connectivity index is 2.46. The second-order valence-corrected chi connectivity index (χ2v) is 6.83. The van der Waals surface area contributed by atoms with Crippen LogP contribution in [0.5, 0.6) is 0 Å². The molecule has 2 aromatic rings. The third kappa shape index (κ3) is 4.37. The fraction of sp³-hybridized carbons (Fsp3) is 0.250. The molecule has 0 heterocycles. The summed E-state index contributed by atoms with van der Waals surface area (Å²) in [5.74, 6) is 0. The topological polar surface area (TPSA) is 12.0 Å². The van der Waals surface area contributed by atoms with Crippen LogP contribution in [0.15, 0.2) is 40.9 Å². The number of hydrogen-bond acceptors (Lipinski definition) is 1. The fourth-order valence-electron chi connectivity index (χ4n) is 2.12. The Morgan fingerprint density at radius 2 is 1.81 bits per heavy atom. The molecule has 0 aromatic heterocycles. The highest BCUT2D eigenvalue weighted by atomic mass is 79.9. The van der Waals surface area contributed by atoms with Crippen LogP contribution in [0, 0.1) is 0 Å². The average molecular weight is 408 g/mol. The number of halogens is 4. The Morgan fingerprint density at radius 1 is 1.05 bits per heavy atom. The summed E-state index contributed by atoms with van der Waals surface area (Å²) in [4.78, 5) is 0. The normalized spacial score (nSPS) is 12.4. The summed E-state index contributed by atoms with van der Waals surface area (Å²) in [7, 11) is 0. The quantitative estimate of drug-likeness (QED) is 0.597. The maximum absolute atomic E-state index is 6.15. The lowest BCUT2D eigenvalue weighted by atomic mass is 9.98. The molecule has 0 aliphatic carbocycles. The van der Waals surface area contributed by atoms with Crippen molar-refractivity contribution in [1.82, 2.24) is 5.32 Å². The zero-order chi connectivity index (χ0) is 15.4. The zero-order valence-electron chi connectivity index (χ0n) is 11.5. The molecule has 0 fully saturated rings. The van der Waals surface area contributed by atoms with Crippen LogP contribution in [-0.4, -0.2) is 6.54 Å². The average Bonchev–Trinajstić information content (AvgIpc) is 2.46. The molecular weight excluding hydrogens is 392 g/mol. The molecule has 21 heavy (non-hydrogen) atoms. The molecule has 1 N–H and O–H groups in total. The van der Waals surface area contributed by atoms with Crippen LogP contribution >= 0.6 is 50.7 Å². The van der Waals surface area contributed by atoms with E-state index in [1.54, 1.807) is 0 Å². The van der Waals surface area contributed by atoms with Crippen molar-refractivity contribution >= 4 is 50.7 Å². The van der Waals surface area contributed by atoms with E-state index in [9.17, 15) is 0 Å². The van der Waals surface area contributed by atoms with Gasteiger partial charge in [-0.25, -0.2) is 0 Å². The first-order chi connectivity index (χ1) is 10.0. The van der Waals surface area contributed by atoms with Crippen molar-refractivity contribution in [2.45, 2.75) is 19.4 Å². The standard InChI is InChI=1S/C16H15BrCl3N/c1-2-7-21-16(10-3-6-14(19)15(20)8-10)12-9-11(18)4-5-13(12)17/h3-6,8-9,16,21H,2,7H2,1H3. The molecule has 5 heteroatoms. The van der Waals surface area contributed by atoms with Gasteiger partial charge in [0.2, 0.25) is 0 Å². The van der Waals surface area contributed by atoms with E-state index in [0.717, 1.165) is 28.6 Å². The molecule has 2 aromatic carbocycles. The van der Waals surface area contributed by atoms with Gasteiger partial charge in [0.15, 0.2) is 0 Å². The molecule has 1 unspecified atom stereocenters. The second kappa shape index (κ2) is 7.85. The van der Waals surface area contributed by atoms with Gasteiger partial charge in [0.25, 0.3) is 0 Å². The van der Waals surface area contributed by atoms with Gasteiger partial charge in [-0.05, 0) is 54.4 Å². The van der Waals surface area contributed by atoms with E-state index < -0.39 is 0 Å². The number of hydrogen-bond donors (Lipinski definition) is 1. The summed E-state index contributed by atoms with van der Waals surface area (Å²) >= 11 is 21.9. The van der Waals surface area contributed by atoms with Crippen LogP contribution in [0.2, 0.25) is 15.1 Å². The van der Waals surface area contributed by atoms with E-state index in [1.165, 1.54) is 0 Å². The fourth-order valence-corrected chi connectivity index (χ4v) is 3.09. The van der Waals surface area contributed by atoms with Crippen LogP contribution in [0.1, 0.15) is 30.5 Å². The second-order valence-electron chi connectivity index (χ2n) is 4.73. The van der Waals surface area contributed by atoms with E-state index >= 15 is 0 Å². The minimum Gasteiger partial charge on any atom is -0.306 e. The van der Waals surface area contributed by atoms with Gasteiger partial charge in [-0.1, -0.05) is 63.7 Å². The van der Waals surface area contributed by atoms with Gasteiger partial charge in [0, 0.05) is 9.50 Å². The molecule has 0 saturated heterocycles. The lowest BCUT2D eigenvalue weighted by molar-refractivity contribution is 0.597. The molecule has 0 bridgehead atoms. The van der Waals surface area contributed by atoms with E-state index in [4.69, 9.17) is 34.8 Å². The van der Waals surface area contributed by atoms with Gasteiger partial charge >= 0.3 is 0 Å². The third-order valence-electron chi connectivity index (χ3n) is 3.14. The smallest absolute Gasteiger partial charge is 0.0595 e. The van der Waals surface area contributed by atoms with Crippen LogP contribution in [0.4, 0.5) is 0 Å². The zero-order valence-corrected chi connectivity index (χ0v) is 15.3. The van der Waals surface area contributed by atoms with Crippen molar-refractivity contribution in [2.75, 3.05) is 6.54 Å². The van der Waals surface area contributed by atoms with Crippen LogP contribution in [0.3, 0.4) is 0 Å². The Hall–Kier alpha value is -0.250. The predicted octanol–water partition coefficient (Wildman–Crippen LogP) is 6.50. The van der Waals surface area contributed by atoms with Crippen molar-refractivity contribution in [1.29, 1.82) is 0 Å². The van der Waals surface area contributed by atoms with Crippen LogP contribution in [0.25, 0.3) is 0 Å². The number of rotatable bonds is 5. The Labute approximate surface area is 148 Å². The molecule has 0 spiro atoms. The van der Waals surface area contributed by atoms with E-state index in [1.807, 2.05) is 36.4 Å². The van der Waals surface area contributed by atoms with E-state index in [0.29, 0.717) is 15.1 Å². The molecule has 112 valence electrons. The van der Waals surface area contributed by atoms with Crippen molar-refractivity contribution in [3.05, 3.63) is 67.1 Å². The lowest BCUT2D eigenvalue weighted by Crippen LogP contribution is -2.23. The van der Waals surface area contributed by atoms with Crippen molar-refractivity contribution in [2.24, 2.45) is 0 Å². The molecular formula is C16H15BrCl3N. The first-order valence-corrected chi connectivity index (χ1v) is 8.59. The lowest BCUT2D eigenvalue weighted by Gasteiger charge is -2.21. The van der Waals surface area contributed by atoms with Gasteiger partial charge in [-0.15, -0.1) is 0 Å². The van der Waals surface area contributed by atoms with Crippen LogP contribution in [-0.2, 0) is 0 Å². The van der Waals surface area contributed by atoms with E-state index in [-0.39, 0.29) is 6.04 Å². The molecule has 0 amide bonds. The molecule has 0 saturated carbocycles. The highest BCUT2D eigenvalue weighted by Crippen LogP contribution is 2.33. The van der Waals surface area contributed by atoms with E-state index in [2.05, 4.69) is 28.2 Å². The molecule has 0 aliphatic heterocycles. The minimum atomic E-state index is 0.00721. The summed E-state index contributed by atoms with van der Waals surface area (Å²) in [6.45, 7) is 3.02. The Bertz CT molecular complexity index is 631. The summed E-state index contributed by atoms with van der Waals surface area (Å²) in [5.41, 5.74) is 2.13. The van der Waals surface area contributed by atoms with Crippen LogP contribution < -0.4 is 5.32 Å². The Morgan fingerprint density at radius 3 is 2.48 bits per heavy atom. The maximum atomic E-state index is 6.15. The first-order valence-electron chi connectivity index (χ1n) is 6.66. The largest absolute Gasteiger partial charge is 0.306 e. The molecule has 0 radical (unpaired) electrons. The van der Waals surface area contributed by atoms with Gasteiger partial charge in [-0.2, -0.15) is 0 Å². The minimum absolute atomic E-state index is 0.00721. The molecule has 2 rings (SSSR count). The number of benzene rings is 2. The summed E-state index contributed by atoms with van der Waals surface area (Å²) in [6, 6.07) is 11.5. The van der Waals surface area contributed by atoms with Gasteiger partial charge in [0.1, 0.15) is 0 Å². The monoisotopic (exact) mass is 405 g/mol. The summed E-state index contributed by atoms with van der Waals surface area (Å²) in [5, 5.41) is 5.34. The highest BCUT2D eigenvalue weighted by molar-refractivity contribution is 9.10. The third-order valence-corrected chi connectivity index (χ3v) is 4.84. The van der Waals surface area contributed by atoms with Crippen molar-refractivity contribution in [3.63, 3.8) is 0 Å². The molecule has 0 aliphatic rings. The first kappa shape index (κ1) is 17.1. The van der Waals surface area contributed by atoms with Gasteiger partial charge in [0.05, 0.1) is 16.1 Å². The molecule has 1 atom stereocenters. The molecule has 1 nitrogen and oxygen atoms in total. The summed E-state index contributed by atoms with van der Waals surface area (Å²) < 4.78 is 1.01. The number of nitrogens with one attached hydrogen (secondary N) is 1. The highest BCUT2D eigenvalue weighted by Gasteiger charge is 2.17. The van der Waals surface area contributed by atoms with Gasteiger partial charge in [-0.3, -0.25) is 0 Å². The predicted molar refractivity (Wildman–Crippen MR) is 95.8 cm³/mol. The SMILES string of the molecule is CCCNC(c1ccc(Cl)c(Cl)c1)c1cc(Cl)ccc1Br. The Kier molecular flexibility index (Phi) is 6.39. The van der Waals surface area contributed by atoms with Crippen molar-refractivity contribution < 1.29 is 0 Å². The maximum Gasteiger partial charge on any atom is 0.0595 e. The van der Waals surface area contributed by atoms with Gasteiger partial charge < -0.3 is 5.32 Å². The van der Waals surface area contributed by atoms with Crippen molar-refractivity contribution in [3.8, 4) is 0 Å². The summed E-state index contributed by atoms with van der Waals surface area (Å²) in [6.07, 6.45) is 1.04.